The molecule has 2 fully saturated rings. The smallest absolute Gasteiger partial charge is 0.313 e. The van der Waals surface area contributed by atoms with Crippen LogP contribution < -0.4 is 4.90 Å². The number of nitrogens with zero attached hydrogens (tertiary/aromatic N) is 2. The number of carbonyl (C=O) groups is 3. The number of allylic oxidation sites excluding steroid dienone is 1. The zero-order valence-corrected chi connectivity index (χ0v) is 22.8. The number of carbonyl (C=O) groups excluding carboxylic acids is 3. The maximum atomic E-state index is 14.5. The minimum atomic E-state index is -1.42. The molecule has 38 heavy (non-hydrogen) atoms. The van der Waals surface area contributed by atoms with Gasteiger partial charge in [0.15, 0.2) is 0 Å². The van der Waals surface area contributed by atoms with Crippen LogP contribution in [0.3, 0.4) is 0 Å². The Morgan fingerprint density at radius 2 is 1.87 bits per heavy atom. The van der Waals surface area contributed by atoms with Crippen molar-refractivity contribution in [2.75, 3.05) is 24.7 Å². The zero-order valence-electron chi connectivity index (χ0n) is 22.0. The summed E-state index contributed by atoms with van der Waals surface area (Å²) < 4.78 is 12.4. The molecule has 2 amide bonds. The molecule has 0 radical (unpaired) electrons. The summed E-state index contributed by atoms with van der Waals surface area (Å²) in [6, 6.07) is 5.33. The molecule has 4 aliphatic rings. The van der Waals surface area contributed by atoms with Gasteiger partial charge in [-0.3, -0.25) is 14.4 Å². The first kappa shape index (κ1) is 26.9. The third-order valence-electron chi connectivity index (χ3n) is 8.18. The van der Waals surface area contributed by atoms with Crippen LogP contribution in [0.4, 0.5) is 5.69 Å². The SMILES string of the molecule is CC(C)C[C@H](CO)N1C(=O)[C@@H]2[C@@H]3C(=O)OCCC/C=C\[C@]3(C)O[C@@]23C=CCN(c2ccccc2Cl)C(=O)C13. The molecule has 1 unspecified atom stereocenters. The first-order chi connectivity index (χ1) is 18.1. The molecule has 9 heteroatoms. The molecule has 6 atom stereocenters. The fraction of sp³-hybridized carbons (Fsp3) is 0.552. The second-order valence-corrected chi connectivity index (χ2v) is 11.6. The van der Waals surface area contributed by atoms with Crippen molar-refractivity contribution in [2.24, 2.45) is 17.8 Å². The Hall–Kier alpha value is -2.68. The highest BCUT2D eigenvalue weighted by atomic mass is 35.5. The Labute approximate surface area is 228 Å². The monoisotopic (exact) mass is 542 g/mol. The molecule has 8 nitrogen and oxygen atoms in total. The summed E-state index contributed by atoms with van der Waals surface area (Å²) in [6.07, 6.45) is 9.26. The van der Waals surface area contributed by atoms with Crippen molar-refractivity contribution >= 4 is 35.1 Å². The van der Waals surface area contributed by atoms with Crippen molar-refractivity contribution in [2.45, 2.75) is 63.3 Å². The zero-order chi connectivity index (χ0) is 27.2. The fourth-order valence-corrected chi connectivity index (χ4v) is 6.91. The molecule has 1 aromatic carbocycles. The van der Waals surface area contributed by atoms with Gasteiger partial charge in [0.1, 0.15) is 17.6 Å². The van der Waals surface area contributed by atoms with E-state index < -0.39 is 41.1 Å². The van der Waals surface area contributed by atoms with E-state index in [0.29, 0.717) is 30.0 Å². The standard InChI is InChI=1S/C29H35ClN2O6/c1-18(2)16-19(17-33)32-24-26(35)31(21-11-6-5-10-20(21)30)14-9-13-29(24)22(25(32)34)23-27(36)37-15-8-4-7-12-28(23,3)38-29/h5-7,9-13,18-19,22-24,33H,4,8,14-17H2,1-3H3/b12-7-/t19-,22+,23-,24?,28+,29+/m1/s1. The van der Waals surface area contributed by atoms with Crippen LogP contribution in [0.5, 0.6) is 0 Å². The molecule has 4 aliphatic heterocycles. The number of benzene rings is 1. The van der Waals surface area contributed by atoms with Crippen molar-refractivity contribution in [3.8, 4) is 0 Å². The van der Waals surface area contributed by atoms with Crippen molar-refractivity contribution in [1.82, 2.24) is 4.90 Å². The molecular weight excluding hydrogens is 508 g/mol. The van der Waals surface area contributed by atoms with Gasteiger partial charge < -0.3 is 24.4 Å². The van der Waals surface area contributed by atoms with Crippen molar-refractivity contribution < 1.29 is 29.0 Å². The summed E-state index contributed by atoms with van der Waals surface area (Å²) in [5.41, 5.74) is -2.05. The Kier molecular flexibility index (Phi) is 7.18. The second kappa shape index (κ2) is 10.1. The summed E-state index contributed by atoms with van der Waals surface area (Å²) in [6.45, 7) is 5.93. The molecule has 0 aliphatic carbocycles. The van der Waals surface area contributed by atoms with Crippen LogP contribution in [-0.4, -0.2) is 70.8 Å². The third kappa shape index (κ3) is 4.17. The molecule has 0 bridgehead atoms. The summed E-state index contributed by atoms with van der Waals surface area (Å²) in [5.74, 6) is -3.04. The summed E-state index contributed by atoms with van der Waals surface area (Å²) in [7, 11) is 0. The number of hydrogen-bond donors (Lipinski definition) is 1. The molecule has 4 heterocycles. The lowest BCUT2D eigenvalue weighted by Crippen LogP contribution is -2.59. The second-order valence-electron chi connectivity index (χ2n) is 11.2. The molecule has 0 aromatic heterocycles. The van der Waals surface area contributed by atoms with E-state index in [2.05, 4.69) is 0 Å². The molecule has 2 saturated heterocycles. The number of para-hydroxylation sites is 1. The molecule has 204 valence electrons. The van der Waals surface area contributed by atoms with Gasteiger partial charge in [-0.15, -0.1) is 0 Å². The number of aliphatic hydroxyl groups excluding tert-OH is 1. The van der Waals surface area contributed by atoms with Crippen LogP contribution >= 0.6 is 11.6 Å². The number of hydrogen-bond acceptors (Lipinski definition) is 6. The summed E-state index contributed by atoms with van der Waals surface area (Å²) in [5, 5.41) is 10.8. The number of ether oxygens (including phenoxy) is 2. The Balaban J connectivity index is 1.69. The Morgan fingerprint density at radius 1 is 1.11 bits per heavy atom. The van der Waals surface area contributed by atoms with E-state index in [0.717, 1.165) is 0 Å². The average molecular weight is 543 g/mol. The minimum absolute atomic E-state index is 0.149. The molecule has 0 saturated carbocycles. The predicted molar refractivity (Wildman–Crippen MR) is 142 cm³/mol. The van der Waals surface area contributed by atoms with E-state index in [1.165, 1.54) is 4.90 Å². The maximum absolute atomic E-state index is 14.5. The first-order valence-electron chi connectivity index (χ1n) is 13.4. The van der Waals surface area contributed by atoms with Crippen LogP contribution in [0.2, 0.25) is 5.02 Å². The normalized spacial score (nSPS) is 34.6. The van der Waals surface area contributed by atoms with Crippen LogP contribution in [0.15, 0.2) is 48.6 Å². The van der Waals surface area contributed by atoms with E-state index in [1.807, 2.05) is 32.1 Å². The number of cyclic esters (lactones) is 1. The van der Waals surface area contributed by atoms with E-state index >= 15 is 0 Å². The quantitative estimate of drug-likeness (QED) is 0.452. The number of fused-ring (bicyclic) bond motifs is 2. The largest absolute Gasteiger partial charge is 0.465 e. The molecule has 1 aromatic rings. The van der Waals surface area contributed by atoms with E-state index in [4.69, 9.17) is 21.1 Å². The molecular formula is C29H35ClN2O6. The predicted octanol–water partition coefficient (Wildman–Crippen LogP) is 3.51. The van der Waals surface area contributed by atoms with Gasteiger partial charge in [0.25, 0.3) is 5.91 Å². The number of aliphatic hydroxyl groups is 1. The van der Waals surface area contributed by atoms with Gasteiger partial charge in [0.2, 0.25) is 5.91 Å². The van der Waals surface area contributed by atoms with Gasteiger partial charge in [-0.05, 0) is 44.2 Å². The topological polar surface area (TPSA) is 96.4 Å². The van der Waals surface area contributed by atoms with Gasteiger partial charge in [0.05, 0.1) is 41.5 Å². The summed E-state index contributed by atoms with van der Waals surface area (Å²) in [4.78, 5) is 45.4. The Morgan fingerprint density at radius 3 is 2.58 bits per heavy atom. The lowest BCUT2D eigenvalue weighted by molar-refractivity contribution is -0.159. The number of esters is 1. The van der Waals surface area contributed by atoms with E-state index in [1.54, 1.807) is 42.2 Å². The minimum Gasteiger partial charge on any atom is -0.465 e. The summed E-state index contributed by atoms with van der Waals surface area (Å²) >= 11 is 6.50. The van der Waals surface area contributed by atoms with Crippen LogP contribution in [0.25, 0.3) is 0 Å². The highest BCUT2D eigenvalue weighted by Gasteiger charge is 2.75. The van der Waals surface area contributed by atoms with Crippen LogP contribution in [-0.2, 0) is 23.9 Å². The van der Waals surface area contributed by atoms with Gasteiger partial charge >= 0.3 is 5.97 Å². The Bertz CT molecular complexity index is 1180. The number of anilines is 1. The highest BCUT2D eigenvalue weighted by Crippen LogP contribution is 2.58. The van der Waals surface area contributed by atoms with E-state index in [-0.39, 0.29) is 37.5 Å². The third-order valence-corrected chi connectivity index (χ3v) is 8.50. The molecule has 1 spiro atoms. The van der Waals surface area contributed by atoms with Crippen LogP contribution in [0.1, 0.15) is 40.0 Å². The van der Waals surface area contributed by atoms with E-state index in [9.17, 15) is 19.5 Å². The lowest BCUT2D eigenvalue weighted by atomic mass is 9.74. The highest BCUT2D eigenvalue weighted by molar-refractivity contribution is 6.34. The fourth-order valence-electron chi connectivity index (χ4n) is 6.67. The van der Waals surface area contributed by atoms with Crippen molar-refractivity contribution in [3.05, 3.63) is 53.6 Å². The number of halogens is 1. The van der Waals surface area contributed by atoms with Gasteiger partial charge in [-0.2, -0.15) is 0 Å². The van der Waals surface area contributed by atoms with Crippen molar-refractivity contribution in [3.63, 3.8) is 0 Å². The molecule has 1 N–H and O–H groups in total. The average Bonchev–Trinajstić information content (AvgIpc) is 3.22. The van der Waals surface area contributed by atoms with Crippen LogP contribution in [0, 0.1) is 17.8 Å². The van der Waals surface area contributed by atoms with Gasteiger partial charge in [-0.1, -0.05) is 61.9 Å². The maximum Gasteiger partial charge on any atom is 0.313 e. The van der Waals surface area contributed by atoms with Crippen molar-refractivity contribution in [1.29, 1.82) is 0 Å². The molecule has 5 rings (SSSR count). The first-order valence-corrected chi connectivity index (χ1v) is 13.7. The number of rotatable bonds is 5. The van der Waals surface area contributed by atoms with Gasteiger partial charge in [-0.25, -0.2) is 0 Å². The number of amides is 2. The van der Waals surface area contributed by atoms with Gasteiger partial charge in [0, 0.05) is 6.54 Å². The lowest BCUT2D eigenvalue weighted by Gasteiger charge is -2.40. The number of likely N-dealkylation sites (tertiary alicyclic amines) is 1.